The Kier molecular flexibility index (Phi) is 5.32. The molecule has 1 fully saturated rings. The molecular formula is C18H17F3N2O3. The van der Waals surface area contributed by atoms with Crippen LogP contribution in [0.3, 0.4) is 0 Å². The molecule has 5 nitrogen and oxygen atoms in total. The van der Waals surface area contributed by atoms with Crippen LogP contribution in [0.1, 0.15) is 11.5 Å². The number of hydrogen-bond acceptors (Lipinski definition) is 3. The second kappa shape index (κ2) is 7.65. The maximum Gasteiger partial charge on any atom is 0.319 e. The molecule has 0 aromatic heterocycles. The molecule has 2 N–H and O–H groups in total. The van der Waals surface area contributed by atoms with Crippen LogP contribution in [0.25, 0.3) is 0 Å². The quantitative estimate of drug-likeness (QED) is 0.872. The van der Waals surface area contributed by atoms with Crippen LogP contribution in [-0.4, -0.2) is 32.4 Å². The number of methoxy groups -OCH3 is 1. The highest BCUT2D eigenvalue weighted by Gasteiger charge is 2.35. The fourth-order valence-corrected chi connectivity index (χ4v) is 2.88. The van der Waals surface area contributed by atoms with Crippen molar-refractivity contribution < 1.29 is 27.4 Å². The van der Waals surface area contributed by atoms with Crippen molar-refractivity contribution in [3.63, 3.8) is 0 Å². The fourth-order valence-electron chi connectivity index (χ4n) is 2.88. The molecule has 1 aliphatic rings. The summed E-state index contributed by atoms with van der Waals surface area (Å²) in [5.74, 6) is -2.56. The highest BCUT2D eigenvalue weighted by molar-refractivity contribution is 5.89. The van der Waals surface area contributed by atoms with Crippen LogP contribution in [0, 0.1) is 17.5 Å². The Morgan fingerprint density at radius 2 is 1.77 bits per heavy atom. The van der Waals surface area contributed by atoms with E-state index >= 15 is 0 Å². The lowest BCUT2D eigenvalue weighted by atomic mass is 9.93. The standard InChI is InChI=1S/C18H17F3N2O3/c1-25-12-6-14(20)17(15(21)7-12)13-8-26-9-16(13)23-18(24)22-11-4-2-10(19)3-5-11/h2-7,13,16H,8-9H2,1H3,(H2,22,23,24)/t13-,16+/m0/s1. The van der Waals surface area contributed by atoms with E-state index in [2.05, 4.69) is 10.6 Å². The topological polar surface area (TPSA) is 59.6 Å². The number of urea groups is 1. The average molecular weight is 366 g/mol. The zero-order valence-electron chi connectivity index (χ0n) is 13.9. The molecule has 2 aromatic carbocycles. The molecule has 26 heavy (non-hydrogen) atoms. The summed E-state index contributed by atoms with van der Waals surface area (Å²) in [6.45, 7) is 0.189. The van der Waals surface area contributed by atoms with E-state index in [9.17, 15) is 18.0 Å². The molecule has 0 spiro atoms. The van der Waals surface area contributed by atoms with Crippen molar-refractivity contribution in [1.82, 2.24) is 5.32 Å². The zero-order chi connectivity index (χ0) is 18.7. The average Bonchev–Trinajstić information content (AvgIpc) is 3.04. The van der Waals surface area contributed by atoms with Gasteiger partial charge in [-0.05, 0) is 24.3 Å². The van der Waals surface area contributed by atoms with Gasteiger partial charge in [-0.2, -0.15) is 0 Å². The monoisotopic (exact) mass is 366 g/mol. The van der Waals surface area contributed by atoms with E-state index < -0.39 is 35.4 Å². The molecule has 8 heteroatoms. The number of halogens is 3. The van der Waals surface area contributed by atoms with Crippen LogP contribution in [0.15, 0.2) is 36.4 Å². The molecule has 0 saturated carbocycles. The molecule has 2 amide bonds. The molecular weight excluding hydrogens is 349 g/mol. The highest BCUT2D eigenvalue weighted by Crippen LogP contribution is 2.32. The summed E-state index contributed by atoms with van der Waals surface area (Å²) in [5.41, 5.74) is 0.233. The number of carbonyl (C=O) groups is 1. The van der Waals surface area contributed by atoms with Gasteiger partial charge < -0.3 is 20.1 Å². The molecule has 1 heterocycles. The van der Waals surface area contributed by atoms with Gasteiger partial charge in [0.25, 0.3) is 0 Å². The van der Waals surface area contributed by atoms with Crippen molar-refractivity contribution >= 4 is 11.7 Å². The predicted octanol–water partition coefficient (Wildman–Crippen LogP) is 3.42. The van der Waals surface area contributed by atoms with Crippen molar-refractivity contribution in [3.05, 3.63) is 59.4 Å². The number of nitrogens with one attached hydrogen (secondary N) is 2. The van der Waals surface area contributed by atoms with Gasteiger partial charge in [-0.3, -0.25) is 0 Å². The maximum absolute atomic E-state index is 14.3. The summed E-state index contributed by atoms with van der Waals surface area (Å²) in [4.78, 5) is 12.1. The molecule has 0 radical (unpaired) electrons. The molecule has 0 aliphatic carbocycles. The van der Waals surface area contributed by atoms with E-state index in [0.717, 1.165) is 12.1 Å². The van der Waals surface area contributed by atoms with Crippen LogP contribution < -0.4 is 15.4 Å². The Bertz CT molecular complexity index is 776. The van der Waals surface area contributed by atoms with Crippen molar-refractivity contribution in [3.8, 4) is 5.75 Å². The summed E-state index contributed by atoms with van der Waals surface area (Å²) < 4.78 is 51.7. The van der Waals surface area contributed by atoms with Crippen molar-refractivity contribution in [1.29, 1.82) is 0 Å². The smallest absolute Gasteiger partial charge is 0.319 e. The van der Waals surface area contributed by atoms with Gasteiger partial charge in [-0.1, -0.05) is 0 Å². The van der Waals surface area contributed by atoms with Crippen LogP contribution in [0.4, 0.5) is 23.7 Å². The molecule has 1 saturated heterocycles. The summed E-state index contributed by atoms with van der Waals surface area (Å²) >= 11 is 0. The third-order valence-corrected chi connectivity index (χ3v) is 4.16. The summed E-state index contributed by atoms with van der Waals surface area (Å²) in [7, 11) is 1.32. The fraction of sp³-hybridized carbons (Fsp3) is 0.278. The third-order valence-electron chi connectivity index (χ3n) is 4.16. The van der Waals surface area contributed by atoms with Gasteiger partial charge in [0.2, 0.25) is 0 Å². The summed E-state index contributed by atoms with van der Waals surface area (Å²) in [5, 5.41) is 5.18. The molecule has 0 unspecified atom stereocenters. The van der Waals surface area contributed by atoms with Gasteiger partial charge in [-0.25, -0.2) is 18.0 Å². The van der Waals surface area contributed by atoms with Crippen LogP contribution >= 0.6 is 0 Å². The Morgan fingerprint density at radius 3 is 2.38 bits per heavy atom. The van der Waals surface area contributed by atoms with E-state index in [4.69, 9.17) is 9.47 Å². The van der Waals surface area contributed by atoms with Gasteiger partial charge in [-0.15, -0.1) is 0 Å². The number of hydrogen-bond donors (Lipinski definition) is 2. The van der Waals surface area contributed by atoms with Gasteiger partial charge in [0.1, 0.15) is 23.2 Å². The first-order chi connectivity index (χ1) is 12.5. The van der Waals surface area contributed by atoms with Crippen molar-refractivity contribution in [2.75, 3.05) is 25.6 Å². The Hall–Kier alpha value is -2.74. The third kappa shape index (κ3) is 3.91. The minimum Gasteiger partial charge on any atom is -0.497 e. The van der Waals surface area contributed by atoms with Gasteiger partial charge in [0.05, 0.1) is 26.4 Å². The highest BCUT2D eigenvalue weighted by atomic mass is 19.1. The Balaban J connectivity index is 1.72. The lowest BCUT2D eigenvalue weighted by Gasteiger charge is -2.21. The number of anilines is 1. The second-order valence-electron chi connectivity index (χ2n) is 5.86. The zero-order valence-corrected chi connectivity index (χ0v) is 13.9. The number of benzene rings is 2. The maximum atomic E-state index is 14.3. The normalized spacial score (nSPS) is 19.2. The van der Waals surface area contributed by atoms with Gasteiger partial charge in [0, 0.05) is 29.3 Å². The molecule has 2 aromatic rings. The summed E-state index contributed by atoms with van der Waals surface area (Å²) in [6.07, 6.45) is 0. The van der Waals surface area contributed by atoms with E-state index in [0.29, 0.717) is 5.69 Å². The predicted molar refractivity (Wildman–Crippen MR) is 88.8 cm³/mol. The van der Waals surface area contributed by atoms with E-state index in [1.807, 2.05) is 0 Å². The molecule has 3 rings (SSSR count). The minimum atomic E-state index is -0.761. The molecule has 1 aliphatic heterocycles. The largest absolute Gasteiger partial charge is 0.497 e. The van der Waals surface area contributed by atoms with Crippen LogP contribution in [0.5, 0.6) is 5.75 Å². The molecule has 0 bridgehead atoms. The minimum absolute atomic E-state index is 0.0706. The van der Waals surface area contributed by atoms with Crippen molar-refractivity contribution in [2.24, 2.45) is 0 Å². The van der Waals surface area contributed by atoms with Gasteiger partial charge in [0.15, 0.2) is 0 Å². The SMILES string of the molecule is COc1cc(F)c([C@H]2COC[C@H]2NC(=O)Nc2ccc(F)cc2)c(F)c1. The van der Waals surface area contributed by atoms with E-state index in [1.165, 1.54) is 31.4 Å². The van der Waals surface area contributed by atoms with Crippen LogP contribution in [0.2, 0.25) is 0 Å². The number of ether oxygens (including phenoxy) is 2. The summed E-state index contributed by atoms with van der Waals surface area (Å²) in [6, 6.07) is 6.21. The molecule has 2 atom stereocenters. The first kappa shape index (κ1) is 18.1. The van der Waals surface area contributed by atoms with Crippen LogP contribution in [-0.2, 0) is 4.74 Å². The first-order valence-corrected chi connectivity index (χ1v) is 7.91. The second-order valence-corrected chi connectivity index (χ2v) is 5.86. The van der Waals surface area contributed by atoms with Crippen molar-refractivity contribution in [2.45, 2.75) is 12.0 Å². The molecule has 138 valence electrons. The van der Waals surface area contributed by atoms with E-state index in [-0.39, 0.29) is 24.5 Å². The lowest BCUT2D eigenvalue weighted by Crippen LogP contribution is -2.41. The first-order valence-electron chi connectivity index (χ1n) is 7.91. The number of amides is 2. The lowest BCUT2D eigenvalue weighted by molar-refractivity contribution is 0.187. The number of carbonyl (C=O) groups excluding carboxylic acids is 1. The van der Waals surface area contributed by atoms with Gasteiger partial charge >= 0.3 is 6.03 Å². The number of rotatable bonds is 4. The Labute approximate surface area is 148 Å². The Morgan fingerprint density at radius 1 is 1.12 bits per heavy atom. The van der Waals surface area contributed by atoms with E-state index in [1.54, 1.807) is 0 Å².